The van der Waals surface area contributed by atoms with Gasteiger partial charge in [0.25, 0.3) is 0 Å². The molecule has 0 bridgehead atoms. The lowest BCUT2D eigenvalue weighted by Gasteiger charge is -2.13. The SMILES string of the molecule is Nc1ncnc2nn(CCc3oc(=O)c4ccccc4c3-c3ccccc3)c(-c3cc(O)cc(F)c3)c12. The van der Waals surface area contributed by atoms with E-state index in [1.807, 2.05) is 42.5 Å². The van der Waals surface area contributed by atoms with E-state index in [0.717, 1.165) is 22.6 Å². The molecular weight excluding hydrogens is 473 g/mol. The zero-order valence-electron chi connectivity index (χ0n) is 19.4. The zero-order valence-corrected chi connectivity index (χ0v) is 19.4. The third kappa shape index (κ3) is 3.96. The minimum Gasteiger partial charge on any atom is -0.508 e. The number of phenolic OH excluding ortho intramolecular Hbond substituents is 1. The summed E-state index contributed by atoms with van der Waals surface area (Å²) in [5.41, 5.74) is 8.60. The number of aromatic hydroxyl groups is 1. The van der Waals surface area contributed by atoms with Crippen LogP contribution >= 0.6 is 0 Å². The van der Waals surface area contributed by atoms with Crippen molar-refractivity contribution in [2.24, 2.45) is 0 Å². The standard InChI is InChI=1S/C28H20FN5O3/c29-18-12-17(13-19(35)14-18)25-24-26(30)31-15-32-27(24)33-34(25)11-10-22-23(16-6-2-1-3-7-16)20-8-4-5-9-21(20)28(36)37-22/h1-9,12-15,35H,10-11H2,(H2,30,31,32,33). The largest absolute Gasteiger partial charge is 0.508 e. The molecule has 6 aromatic rings. The first-order valence-corrected chi connectivity index (χ1v) is 11.6. The van der Waals surface area contributed by atoms with Crippen LogP contribution in [0.15, 0.2) is 88.3 Å². The topological polar surface area (TPSA) is 120 Å². The number of phenols is 1. The van der Waals surface area contributed by atoms with Gasteiger partial charge in [-0.05, 0) is 23.8 Å². The van der Waals surface area contributed by atoms with Crippen LogP contribution in [0.3, 0.4) is 0 Å². The molecule has 3 N–H and O–H groups in total. The van der Waals surface area contributed by atoms with Crippen LogP contribution < -0.4 is 11.4 Å². The monoisotopic (exact) mass is 493 g/mol. The molecule has 0 fully saturated rings. The number of nitrogens with two attached hydrogens (primary N) is 1. The van der Waals surface area contributed by atoms with Crippen LogP contribution in [0.25, 0.3) is 44.2 Å². The van der Waals surface area contributed by atoms with Gasteiger partial charge in [-0.3, -0.25) is 4.68 Å². The lowest BCUT2D eigenvalue weighted by atomic mass is 9.97. The van der Waals surface area contributed by atoms with Gasteiger partial charge in [0, 0.05) is 35.5 Å². The van der Waals surface area contributed by atoms with Crippen LogP contribution in [0.5, 0.6) is 5.75 Å². The highest BCUT2D eigenvalue weighted by atomic mass is 19.1. The maximum Gasteiger partial charge on any atom is 0.343 e. The predicted octanol–water partition coefficient (Wildman–Crippen LogP) is 4.94. The molecule has 6 rings (SSSR count). The van der Waals surface area contributed by atoms with Crippen molar-refractivity contribution >= 4 is 27.6 Å². The van der Waals surface area contributed by atoms with Crippen molar-refractivity contribution in [1.82, 2.24) is 19.7 Å². The normalized spacial score (nSPS) is 11.4. The van der Waals surface area contributed by atoms with Crippen molar-refractivity contribution in [2.75, 3.05) is 5.73 Å². The summed E-state index contributed by atoms with van der Waals surface area (Å²) in [6, 6.07) is 20.8. The number of nitrogen functional groups attached to an aromatic ring is 1. The van der Waals surface area contributed by atoms with E-state index < -0.39 is 11.4 Å². The van der Waals surface area contributed by atoms with E-state index in [9.17, 15) is 14.3 Å². The molecule has 0 spiro atoms. The first-order valence-electron chi connectivity index (χ1n) is 11.6. The van der Waals surface area contributed by atoms with E-state index in [2.05, 4.69) is 15.1 Å². The third-order valence-corrected chi connectivity index (χ3v) is 6.25. The van der Waals surface area contributed by atoms with Gasteiger partial charge in [-0.2, -0.15) is 5.10 Å². The molecule has 0 aliphatic carbocycles. The number of aryl methyl sites for hydroxylation is 2. The van der Waals surface area contributed by atoms with E-state index in [4.69, 9.17) is 10.2 Å². The van der Waals surface area contributed by atoms with Gasteiger partial charge in [-0.15, -0.1) is 0 Å². The summed E-state index contributed by atoms with van der Waals surface area (Å²) in [4.78, 5) is 21.1. The van der Waals surface area contributed by atoms with Crippen molar-refractivity contribution in [3.05, 3.63) is 101 Å². The Kier molecular flexibility index (Phi) is 5.37. The second kappa shape index (κ2) is 8.87. The number of halogens is 1. The zero-order chi connectivity index (χ0) is 25.5. The van der Waals surface area contributed by atoms with Gasteiger partial charge in [-0.25, -0.2) is 19.2 Å². The fourth-order valence-electron chi connectivity index (χ4n) is 4.70. The summed E-state index contributed by atoms with van der Waals surface area (Å²) in [6.45, 7) is 0.253. The van der Waals surface area contributed by atoms with Crippen molar-refractivity contribution in [1.29, 1.82) is 0 Å². The minimum absolute atomic E-state index is 0.178. The van der Waals surface area contributed by atoms with Crippen molar-refractivity contribution in [2.45, 2.75) is 13.0 Å². The first-order chi connectivity index (χ1) is 18.0. The quantitative estimate of drug-likeness (QED) is 0.349. The molecule has 8 nitrogen and oxygen atoms in total. The molecule has 182 valence electrons. The predicted molar refractivity (Wildman–Crippen MR) is 138 cm³/mol. The molecule has 9 heteroatoms. The average Bonchev–Trinajstić information content (AvgIpc) is 3.27. The lowest BCUT2D eigenvalue weighted by molar-refractivity contribution is 0.449. The minimum atomic E-state index is -0.613. The number of aromatic nitrogens is 4. The Morgan fingerprint density at radius 1 is 0.946 bits per heavy atom. The Balaban J connectivity index is 1.52. The van der Waals surface area contributed by atoms with E-state index in [1.54, 1.807) is 16.8 Å². The Hall–Kier alpha value is -5.05. The molecule has 0 aliphatic heterocycles. The number of benzene rings is 3. The Morgan fingerprint density at radius 2 is 1.70 bits per heavy atom. The van der Waals surface area contributed by atoms with Crippen molar-refractivity contribution in [3.63, 3.8) is 0 Å². The molecule has 0 amide bonds. The molecule has 0 radical (unpaired) electrons. The van der Waals surface area contributed by atoms with Gasteiger partial charge in [0.15, 0.2) is 5.65 Å². The molecule has 37 heavy (non-hydrogen) atoms. The highest BCUT2D eigenvalue weighted by Crippen LogP contribution is 2.35. The molecular formula is C28H20FN5O3. The summed E-state index contributed by atoms with van der Waals surface area (Å²) in [6.07, 6.45) is 1.59. The van der Waals surface area contributed by atoms with Crippen LogP contribution in [0.1, 0.15) is 5.76 Å². The summed E-state index contributed by atoms with van der Waals surface area (Å²) >= 11 is 0. The average molecular weight is 493 g/mol. The summed E-state index contributed by atoms with van der Waals surface area (Å²) < 4.78 is 21.7. The second-order valence-electron chi connectivity index (χ2n) is 8.58. The summed E-state index contributed by atoms with van der Waals surface area (Å²) in [7, 11) is 0. The van der Waals surface area contributed by atoms with Crippen LogP contribution in [-0.2, 0) is 13.0 Å². The number of anilines is 1. The number of hydrogen-bond donors (Lipinski definition) is 2. The first kappa shape index (κ1) is 22.4. The molecule has 3 aromatic heterocycles. The highest BCUT2D eigenvalue weighted by Gasteiger charge is 2.21. The maximum absolute atomic E-state index is 14.2. The van der Waals surface area contributed by atoms with Gasteiger partial charge in [0.1, 0.15) is 29.5 Å². The van der Waals surface area contributed by atoms with Crippen molar-refractivity contribution in [3.8, 4) is 28.1 Å². The molecule has 3 aromatic carbocycles. The van der Waals surface area contributed by atoms with Crippen LogP contribution in [-0.4, -0.2) is 24.9 Å². The number of fused-ring (bicyclic) bond motifs is 2. The van der Waals surface area contributed by atoms with E-state index in [-0.39, 0.29) is 18.1 Å². The van der Waals surface area contributed by atoms with Crippen LogP contribution in [0.2, 0.25) is 0 Å². The van der Waals surface area contributed by atoms with E-state index in [0.29, 0.717) is 39.9 Å². The molecule has 0 atom stereocenters. The molecule has 0 unspecified atom stereocenters. The Bertz CT molecular complexity index is 1830. The highest BCUT2D eigenvalue weighted by molar-refractivity contribution is 5.98. The maximum atomic E-state index is 14.2. The molecule has 0 saturated carbocycles. The number of nitrogens with zero attached hydrogens (tertiary/aromatic N) is 4. The van der Waals surface area contributed by atoms with Gasteiger partial charge >= 0.3 is 5.63 Å². The summed E-state index contributed by atoms with van der Waals surface area (Å²) in [5.74, 6) is -0.185. The molecule has 3 heterocycles. The second-order valence-corrected chi connectivity index (χ2v) is 8.58. The fourth-order valence-corrected chi connectivity index (χ4v) is 4.70. The van der Waals surface area contributed by atoms with Gasteiger partial charge < -0.3 is 15.3 Å². The number of hydrogen-bond acceptors (Lipinski definition) is 7. The van der Waals surface area contributed by atoms with Gasteiger partial charge in [0.2, 0.25) is 0 Å². The van der Waals surface area contributed by atoms with Gasteiger partial charge in [-0.1, -0.05) is 48.5 Å². The fraction of sp³-hybridized carbons (Fsp3) is 0.0714. The number of rotatable bonds is 5. The lowest BCUT2D eigenvalue weighted by Crippen LogP contribution is -2.10. The molecule has 0 saturated heterocycles. The van der Waals surface area contributed by atoms with E-state index in [1.165, 1.54) is 18.5 Å². The van der Waals surface area contributed by atoms with Gasteiger partial charge in [0.05, 0.1) is 16.5 Å². The third-order valence-electron chi connectivity index (χ3n) is 6.25. The Morgan fingerprint density at radius 3 is 2.49 bits per heavy atom. The van der Waals surface area contributed by atoms with Crippen LogP contribution in [0.4, 0.5) is 10.2 Å². The molecule has 0 aliphatic rings. The summed E-state index contributed by atoms with van der Waals surface area (Å²) in [5, 5.41) is 16.3. The van der Waals surface area contributed by atoms with Crippen LogP contribution in [0, 0.1) is 5.82 Å². The van der Waals surface area contributed by atoms with Crippen molar-refractivity contribution < 1.29 is 13.9 Å². The smallest absolute Gasteiger partial charge is 0.343 e. The van der Waals surface area contributed by atoms with E-state index >= 15 is 0 Å². The Labute approximate surface area is 209 Å².